The number of hydrogen-bond acceptors (Lipinski definition) is 2. The predicted molar refractivity (Wildman–Crippen MR) is 73.1 cm³/mol. The Hall–Kier alpha value is -2.07. The standard InChI is InChI=1S/C14H16N4/c1-9-3-4-10-6-13(18(2)12(10)5-9)11-8-16-14(7-15)17-11/h3-6,8H,7,15H2,1-2H3,(H,16,17). The molecule has 0 saturated heterocycles. The van der Waals surface area contributed by atoms with Gasteiger partial charge in [-0.05, 0) is 24.6 Å². The van der Waals surface area contributed by atoms with Crippen molar-refractivity contribution in [3.63, 3.8) is 0 Å². The maximum atomic E-state index is 5.57. The Labute approximate surface area is 105 Å². The average molecular weight is 240 g/mol. The molecule has 0 amide bonds. The number of hydrogen-bond donors (Lipinski definition) is 2. The van der Waals surface area contributed by atoms with E-state index in [0.717, 1.165) is 17.2 Å². The minimum atomic E-state index is 0.434. The molecule has 0 unspecified atom stereocenters. The maximum absolute atomic E-state index is 5.57. The minimum Gasteiger partial charge on any atom is -0.342 e. The second kappa shape index (κ2) is 3.99. The summed E-state index contributed by atoms with van der Waals surface area (Å²) in [6.07, 6.45) is 1.84. The molecule has 0 saturated carbocycles. The number of nitrogens with two attached hydrogens (primary N) is 1. The fraction of sp³-hybridized carbons (Fsp3) is 0.214. The highest BCUT2D eigenvalue weighted by Gasteiger charge is 2.10. The molecule has 0 radical (unpaired) electrons. The lowest BCUT2D eigenvalue weighted by Gasteiger charge is -2.02. The van der Waals surface area contributed by atoms with Crippen LogP contribution in [0.25, 0.3) is 22.3 Å². The van der Waals surface area contributed by atoms with E-state index < -0.39 is 0 Å². The van der Waals surface area contributed by atoms with E-state index in [2.05, 4.69) is 52.8 Å². The third kappa shape index (κ3) is 1.62. The van der Waals surface area contributed by atoms with Crippen LogP contribution in [-0.2, 0) is 13.6 Å². The first kappa shape index (κ1) is 11.0. The monoisotopic (exact) mass is 240 g/mol. The van der Waals surface area contributed by atoms with Crippen LogP contribution in [0.4, 0.5) is 0 Å². The molecule has 0 aliphatic heterocycles. The Morgan fingerprint density at radius 2 is 2.17 bits per heavy atom. The van der Waals surface area contributed by atoms with Crippen molar-refractivity contribution < 1.29 is 0 Å². The van der Waals surface area contributed by atoms with Gasteiger partial charge in [0.05, 0.1) is 24.1 Å². The van der Waals surface area contributed by atoms with Crippen LogP contribution in [0.3, 0.4) is 0 Å². The smallest absolute Gasteiger partial charge is 0.120 e. The summed E-state index contributed by atoms with van der Waals surface area (Å²) in [5.41, 5.74) is 10.2. The number of rotatable bonds is 2. The number of benzene rings is 1. The lowest BCUT2D eigenvalue weighted by atomic mass is 10.2. The largest absolute Gasteiger partial charge is 0.342 e. The van der Waals surface area contributed by atoms with E-state index in [4.69, 9.17) is 5.73 Å². The fourth-order valence-corrected chi connectivity index (χ4v) is 2.29. The van der Waals surface area contributed by atoms with E-state index >= 15 is 0 Å². The predicted octanol–water partition coefficient (Wildman–Crippen LogP) is 2.34. The zero-order valence-electron chi connectivity index (χ0n) is 10.6. The third-order valence-corrected chi connectivity index (χ3v) is 3.30. The van der Waals surface area contributed by atoms with Crippen molar-refractivity contribution in [2.75, 3.05) is 0 Å². The van der Waals surface area contributed by atoms with Crippen molar-refractivity contribution in [1.82, 2.24) is 14.5 Å². The van der Waals surface area contributed by atoms with Crippen LogP contribution in [0, 0.1) is 6.92 Å². The van der Waals surface area contributed by atoms with E-state index in [0.29, 0.717) is 6.54 Å². The molecule has 3 N–H and O–H groups in total. The van der Waals surface area contributed by atoms with Crippen LogP contribution < -0.4 is 5.73 Å². The normalized spacial score (nSPS) is 11.3. The molecule has 0 bridgehead atoms. The van der Waals surface area contributed by atoms with Crippen LogP contribution >= 0.6 is 0 Å². The Balaban J connectivity index is 2.20. The van der Waals surface area contributed by atoms with Gasteiger partial charge in [-0.15, -0.1) is 0 Å². The molecule has 0 fully saturated rings. The van der Waals surface area contributed by atoms with Gasteiger partial charge in [-0.1, -0.05) is 12.1 Å². The van der Waals surface area contributed by atoms with Crippen molar-refractivity contribution in [3.05, 3.63) is 41.9 Å². The molecule has 4 heteroatoms. The van der Waals surface area contributed by atoms with Gasteiger partial charge in [0.2, 0.25) is 0 Å². The summed E-state index contributed by atoms with van der Waals surface area (Å²) in [5.74, 6) is 0.812. The molecule has 18 heavy (non-hydrogen) atoms. The number of aromatic amines is 1. The van der Waals surface area contributed by atoms with Gasteiger partial charge in [-0.3, -0.25) is 0 Å². The van der Waals surface area contributed by atoms with Crippen molar-refractivity contribution in [2.45, 2.75) is 13.5 Å². The van der Waals surface area contributed by atoms with Crippen molar-refractivity contribution in [2.24, 2.45) is 12.8 Å². The van der Waals surface area contributed by atoms with Crippen LogP contribution in [-0.4, -0.2) is 14.5 Å². The fourth-order valence-electron chi connectivity index (χ4n) is 2.29. The molecule has 2 heterocycles. The summed E-state index contributed by atoms with van der Waals surface area (Å²) in [6.45, 7) is 2.54. The van der Waals surface area contributed by atoms with E-state index in [1.54, 1.807) is 0 Å². The molecule has 1 aromatic carbocycles. The lowest BCUT2D eigenvalue weighted by Crippen LogP contribution is -1.98. The second-order valence-electron chi connectivity index (χ2n) is 4.60. The van der Waals surface area contributed by atoms with Gasteiger partial charge in [0.25, 0.3) is 0 Å². The van der Waals surface area contributed by atoms with E-state index in [1.165, 1.54) is 16.5 Å². The first-order valence-corrected chi connectivity index (χ1v) is 5.99. The van der Waals surface area contributed by atoms with Gasteiger partial charge in [-0.25, -0.2) is 4.98 Å². The van der Waals surface area contributed by atoms with Crippen LogP contribution in [0.2, 0.25) is 0 Å². The topological polar surface area (TPSA) is 59.6 Å². The zero-order chi connectivity index (χ0) is 12.7. The highest BCUT2D eigenvalue weighted by atomic mass is 15.0. The summed E-state index contributed by atoms with van der Waals surface area (Å²) >= 11 is 0. The molecule has 2 aromatic heterocycles. The number of nitrogens with one attached hydrogen (secondary N) is 1. The van der Waals surface area contributed by atoms with Gasteiger partial charge >= 0.3 is 0 Å². The van der Waals surface area contributed by atoms with Crippen molar-refractivity contribution in [1.29, 1.82) is 0 Å². The molecular weight excluding hydrogens is 224 g/mol. The third-order valence-electron chi connectivity index (χ3n) is 3.30. The Morgan fingerprint density at radius 3 is 2.89 bits per heavy atom. The first-order chi connectivity index (χ1) is 8.69. The van der Waals surface area contributed by atoms with E-state index in [9.17, 15) is 0 Å². The van der Waals surface area contributed by atoms with Gasteiger partial charge in [0.1, 0.15) is 5.82 Å². The zero-order valence-corrected chi connectivity index (χ0v) is 10.6. The molecule has 3 rings (SSSR count). The molecule has 0 aliphatic rings. The SMILES string of the molecule is Cc1ccc2cc(-c3cnc(CN)[nH]3)n(C)c2c1. The molecule has 0 atom stereocenters. The van der Waals surface area contributed by atoms with Crippen molar-refractivity contribution >= 4 is 10.9 Å². The number of nitrogens with zero attached hydrogens (tertiary/aromatic N) is 2. The maximum Gasteiger partial charge on any atom is 0.120 e. The first-order valence-electron chi connectivity index (χ1n) is 5.99. The van der Waals surface area contributed by atoms with Gasteiger partial charge in [0, 0.05) is 18.0 Å². The average Bonchev–Trinajstić information content (AvgIpc) is 2.95. The summed E-state index contributed by atoms with van der Waals surface area (Å²) in [7, 11) is 2.07. The lowest BCUT2D eigenvalue weighted by molar-refractivity contribution is 0.941. The number of fused-ring (bicyclic) bond motifs is 1. The molecule has 4 nitrogen and oxygen atoms in total. The minimum absolute atomic E-state index is 0.434. The molecule has 92 valence electrons. The summed E-state index contributed by atoms with van der Waals surface area (Å²) in [4.78, 5) is 7.48. The highest BCUT2D eigenvalue weighted by Crippen LogP contribution is 2.26. The van der Waals surface area contributed by atoms with E-state index in [-0.39, 0.29) is 0 Å². The molecular formula is C14H16N4. The van der Waals surface area contributed by atoms with Crippen LogP contribution in [0.5, 0.6) is 0 Å². The van der Waals surface area contributed by atoms with Gasteiger partial charge < -0.3 is 15.3 Å². The Morgan fingerprint density at radius 1 is 1.33 bits per heavy atom. The molecule has 3 aromatic rings. The number of aromatic nitrogens is 3. The number of aryl methyl sites for hydroxylation is 2. The molecule has 0 spiro atoms. The van der Waals surface area contributed by atoms with Gasteiger partial charge in [0.15, 0.2) is 0 Å². The second-order valence-corrected chi connectivity index (χ2v) is 4.60. The summed E-state index contributed by atoms with van der Waals surface area (Å²) < 4.78 is 2.18. The quantitative estimate of drug-likeness (QED) is 0.722. The van der Waals surface area contributed by atoms with Crippen LogP contribution in [0.1, 0.15) is 11.4 Å². The number of H-pyrrole nitrogens is 1. The Kier molecular flexibility index (Phi) is 2.45. The molecule has 0 aliphatic carbocycles. The van der Waals surface area contributed by atoms with E-state index in [1.807, 2.05) is 6.20 Å². The summed E-state index contributed by atoms with van der Waals surface area (Å²) in [5, 5.41) is 1.24. The Bertz CT molecular complexity index is 706. The van der Waals surface area contributed by atoms with Crippen LogP contribution in [0.15, 0.2) is 30.5 Å². The summed E-state index contributed by atoms with van der Waals surface area (Å²) in [6, 6.07) is 8.64. The highest BCUT2D eigenvalue weighted by molar-refractivity contribution is 5.86. The number of imidazole rings is 1. The van der Waals surface area contributed by atoms with Gasteiger partial charge in [-0.2, -0.15) is 0 Å². The van der Waals surface area contributed by atoms with Crippen molar-refractivity contribution in [3.8, 4) is 11.4 Å².